The minimum atomic E-state index is -1.47. The molecule has 0 N–H and O–H groups in total. The Hall–Kier alpha value is 0.602. The van der Waals surface area contributed by atoms with Crippen LogP contribution in [0.1, 0.15) is 83.1 Å². The molecule has 26 heavy (non-hydrogen) atoms. The normalized spacial score (nSPS) is 16.5. The van der Waals surface area contributed by atoms with E-state index in [1.807, 2.05) is 6.21 Å². The van der Waals surface area contributed by atoms with E-state index in [2.05, 4.69) is 101 Å². The second kappa shape index (κ2) is 9.40. The Morgan fingerprint density at radius 3 is 1.23 bits per heavy atom. The molecule has 0 nitrogen and oxygen atoms in total. The maximum atomic E-state index is 2.60. The number of rotatable bonds is 8. The Morgan fingerprint density at radius 1 is 0.577 bits per heavy atom. The summed E-state index contributed by atoms with van der Waals surface area (Å²) in [6, 6.07) is 0. The summed E-state index contributed by atoms with van der Waals surface area (Å²) in [6.07, 6.45) is 7.67. The molecule has 0 bridgehead atoms. The zero-order valence-electron chi connectivity index (χ0n) is 19.6. The molecule has 1 aliphatic heterocycles. The number of allylic oxidation sites excluding steroid dienone is 3. The number of hydrogen-bond donors (Lipinski definition) is 0. The first-order chi connectivity index (χ1) is 11.9. The maximum absolute atomic E-state index is 2.60. The van der Waals surface area contributed by atoms with Gasteiger partial charge in [-0.05, 0) is 0 Å². The van der Waals surface area contributed by atoms with E-state index < -0.39 is 37.3 Å². The van der Waals surface area contributed by atoms with Gasteiger partial charge in [-0.1, -0.05) is 0 Å². The molecule has 1 rings (SSSR count). The van der Waals surface area contributed by atoms with Gasteiger partial charge in [0.05, 0.1) is 0 Å². The van der Waals surface area contributed by atoms with Crippen LogP contribution in [0.3, 0.4) is 0 Å². The van der Waals surface area contributed by atoms with Crippen molar-refractivity contribution in [1.82, 2.24) is 0 Å². The van der Waals surface area contributed by atoms with Crippen LogP contribution in [0.2, 0.25) is 33.2 Å². The fourth-order valence-electron chi connectivity index (χ4n) is 6.69. The molecule has 3 heteroatoms. The van der Waals surface area contributed by atoms with Gasteiger partial charge in [0, 0.05) is 0 Å². The Labute approximate surface area is 177 Å². The van der Waals surface area contributed by atoms with Crippen LogP contribution in [0.5, 0.6) is 0 Å². The van der Waals surface area contributed by atoms with Gasteiger partial charge in [0.2, 0.25) is 0 Å². The van der Waals surface area contributed by atoms with Gasteiger partial charge in [-0.25, -0.2) is 0 Å². The van der Waals surface area contributed by atoms with Gasteiger partial charge in [-0.3, -0.25) is 0 Å². The van der Waals surface area contributed by atoms with E-state index in [1.54, 1.807) is 0 Å². The van der Waals surface area contributed by atoms with Crippen LogP contribution in [0, 0.1) is 0 Å². The molecule has 0 aromatic rings. The summed E-state index contributed by atoms with van der Waals surface area (Å²) in [7, 11) is -2.95. The van der Waals surface area contributed by atoms with Crippen molar-refractivity contribution >= 4 is 40.4 Å². The molecule has 1 heterocycles. The fraction of sp³-hybridized carbons (Fsp3) is 0.783. The molecule has 0 atom stereocenters. The first kappa shape index (κ1) is 24.6. The van der Waals surface area contributed by atoms with Crippen molar-refractivity contribution < 1.29 is 0 Å². The van der Waals surface area contributed by atoms with Crippen molar-refractivity contribution in [3.63, 3.8) is 0 Å². The van der Waals surface area contributed by atoms with E-state index >= 15 is 0 Å². The van der Waals surface area contributed by atoms with Crippen molar-refractivity contribution in [3.05, 3.63) is 21.4 Å². The zero-order valence-corrected chi connectivity index (χ0v) is 24.2. The third-order valence-corrected chi connectivity index (χ3v) is 31.3. The van der Waals surface area contributed by atoms with Crippen molar-refractivity contribution in [2.24, 2.45) is 0 Å². The molecule has 0 aromatic carbocycles. The van der Waals surface area contributed by atoms with Crippen LogP contribution in [0.25, 0.3) is 0 Å². The molecule has 0 aliphatic carbocycles. The van der Waals surface area contributed by atoms with E-state index in [9.17, 15) is 0 Å². The second-order valence-electron chi connectivity index (χ2n) is 10.2. The van der Waals surface area contributed by atoms with Crippen LogP contribution in [-0.2, 0) is 0 Å². The molecular weight excluding hydrogens is 454 g/mol. The van der Waals surface area contributed by atoms with Gasteiger partial charge in [-0.15, -0.1) is 0 Å². The molecule has 0 spiro atoms. The van der Waals surface area contributed by atoms with Gasteiger partial charge >= 0.3 is 178 Å². The molecule has 0 fully saturated rings. The average molecular weight is 500 g/mol. The SMILES string of the molecule is CC(C)[Si]([C]1=CC=C[C]([Si](C(C)C)(C(C)C)C(C)C)=[Sb]1)(C(C)C)C(C)C. The van der Waals surface area contributed by atoms with Gasteiger partial charge in [0.1, 0.15) is 0 Å². The fourth-order valence-corrected chi connectivity index (χ4v) is 40.0. The second-order valence-corrected chi connectivity index (χ2v) is 27.8. The average Bonchev–Trinajstić information content (AvgIpc) is 2.46. The topological polar surface area (TPSA) is 0 Å². The van der Waals surface area contributed by atoms with Gasteiger partial charge in [0.25, 0.3) is 0 Å². The molecule has 0 amide bonds. The van der Waals surface area contributed by atoms with Gasteiger partial charge < -0.3 is 0 Å². The van der Waals surface area contributed by atoms with Crippen LogP contribution < -0.4 is 0 Å². The van der Waals surface area contributed by atoms with Crippen molar-refractivity contribution in [3.8, 4) is 0 Å². The molecule has 0 unspecified atom stereocenters. The Kier molecular flexibility index (Phi) is 8.91. The zero-order chi connectivity index (χ0) is 20.4. The van der Waals surface area contributed by atoms with E-state index in [1.165, 1.54) is 0 Å². The third-order valence-electron chi connectivity index (χ3n) is 7.37. The van der Waals surface area contributed by atoms with Crippen molar-refractivity contribution in [2.45, 2.75) is 116 Å². The Bertz CT molecular complexity index is 486. The van der Waals surface area contributed by atoms with Crippen molar-refractivity contribution in [2.75, 3.05) is 0 Å². The van der Waals surface area contributed by atoms with Gasteiger partial charge in [-0.2, -0.15) is 0 Å². The summed E-state index contributed by atoms with van der Waals surface area (Å²) >= 11 is -0.441. The van der Waals surface area contributed by atoms with Gasteiger partial charge in [0.15, 0.2) is 0 Å². The van der Waals surface area contributed by atoms with Crippen LogP contribution in [0.15, 0.2) is 21.4 Å². The third kappa shape index (κ3) is 3.99. The monoisotopic (exact) mass is 498 g/mol. The van der Waals surface area contributed by atoms with Crippen LogP contribution in [0.4, 0.5) is 0 Å². The molecule has 150 valence electrons. The molecule has 1 aliphatic rings. The summed E-state index contributed by atoms with van der Waals surface area (Å²) in [4.78, 5) is 0. The molecule has 0 saturated heterocycles. The Morgan fingerprint density at radius 2 is 0.923 bits per heavy atom. The van der Waals surface area contributed by atoms with Crippen LogP contribution >= 0.6 is 0 Å². The molecule has 0 saturated carbocycles. The molecular formula is C23H45SbSi2. The van der Waals surface area contributed by atoms with E-state index in [4.69, 9.17) is 0 Å². The van der Waals surface area contributed by atoms with Crippen molar-refractivity contribution in [1.29, 1.82) is 0 Å². The van der Waals surface area contributed by atoms with E-state index in [0.717, 1.165) is 33.2 Å². The van der Waals surface area contributed by atoms with Crippen LogP contribution in [-0.4, -0.2) is 40.4 Å². The Balaban J connectivity index is 3.68. The summed E-state index contributed by atoms with van der Waals surface area (Å²) in [6.45, 7) is 30.3. The predicted octanol–water partition coefficient (Wildman–Crippen LogP) is 7.75. The van der Waals surface area contributed by atoms with E-state index in [-0.39, 0.29) is 0 Å². The minimum absolute atomic E-state index is 0.441. The molecule has 0 radical (unpaired) electrons. The summed E-state index contributed by atoms with van der Waals surface area (Å²) in [5, 5.41) is 0. The first-order valence-electron chi connectivity index (χ1n) is 10.9. The first-order valence-corrected chi connectivity index (χ1v) is 17.9. The summed E-state index contributed by atoms with van der Waals surface area (Å²) in [5.74, 6) is 0. The summed E-state index contributed by atoms with van der Waals surface area (Å²) < 4.78 is 3.98. The summed E-state index contributed by atoms with van der Waals surface area (Å²) in [5.41, 5.74) is 5.03. The van der Waals surface area contributed by atoms with E-state index in [0.29, 0.717) is 0 Å². The predicted molar refractivity (Wildman–Crippen MR) is 130 cm³/mol. The standard InChI is InChI=1S/C23H45Si2.Sb/c1-18(2)24(19(3)4,20(5)6)16-14-13-15-17-25(21(7)8,22(9)10)23(11)12;/h13-15,18-23H,1-12H3;. The molecule has 0 aromatic heterocycles. The number of hydrogen-bond acceptors (Lipinski definition) is 0. The quantitative estimate of drug-likeness (QED) is 0.300.